The van der Waals surface area contributed by atoms with Crippen molar-refractivity contribution in [3.05, 3.63) is 23.8 Å². The van der Waals surface area contributed by atoms with Crippen molar-refractivity contribution in [1.29, 1.82) is 0 Å². The largest absolute Gasteiger partial charge is 0.479 e. The molecule has 1 amide bonds. The number of fused-ring (bicyclic) bond motifs is 1. The van der Waals surface area contributed by atoms with Crippen LogP contribution in [0.15, 0.2) is 18.2 Å². The van der Waals surface area contributed by atoms with Crippen LogP contribution in [-0.2, 0) is 4.79 Å². The standard InChI is InChI=1S/C11H12N2O2/c1-6-11(14)13-8-4-7(9-5-12-9)2-3-10(8)15-6/h2-4,6,9,12H,5H2,1H3,(H,13,14). The Morgan fingerprint density at radius 3 is 3.00 bits per heavy atom. The third-order valence-corrected chi connectivity index (χ3v) is 2.75. The van der Waals surface area contributed by atoms with E-state index in [0.29, 0.717) is 6.04 Å². The van der Waals surface area contributed by atoms with Crippen LogP contribution in [0.1, 0.15) is 18.5 Å². The van der Waals surface area contributed by atoms with Crippen LogP contribution in [0.5, 0.6) is 5.75 Å². The molecule has 1 aromatic rings. The summed E-state index contributed by atoms with van der Waals surface area (Å²) in [6, 6.07) is 6.38. The molecule has 0 aromatic heterocycles. The molecule has 1 aromatic carbocycles. The zero-order chi connectivity index (χ0) is 10.4. The zero-order valence-corrected chi connectivity index (χ0v) is 8.41. The van der Waals surface area contributed by atoms with Crippen molar-refractivity contribution in [2.24, 2.45) is 0 Å². The molecule has 4 nitrogen and oxygen atoms in total. The molecule has 78 valence electrons. The first-order chi connectivity index (χ1) is 7.24. The number of anilines is 1. The molecule has 2 aliphatic rings. The molecule has 0 aliphatic carbocycles. The zero-order valence-electron chi connectivity index (χ0n) is 8.41. The van der Waals surface area contributed by atoms with Gasteiger partial charge in [0, 0.05) is 12.6 Å². The third kappa shape index (κ3) is 1.47. The molecule has 0 saturated carbocycles. The number of nitrogens with one attached hydrogen (secondary N) is 2. The average Bonchev–Trinajstić information content (AvgIpc) is 3.02. The van der Waals surface area contributed by atoms with E-state index >= 15 is 0 Å². The summed E-state index contributed by atoms with van der Waals surface area (Å²) in [5, 5.41) is 6.06. The summed E-state index contributed by atoms with van der Waals surface area (Å²) in [7, 11) is 0. The molecule has 0 bridgehead atoms. The topological polar surface area (TPSA) is 60.3 Å². The van der Waals surface area contributed by atoms with Gasteiger partial charge in [-0.1, -0.05) is 6.07 Å². The highest BCUT2D eigenvalue weighted by Gasteiger charge is 2.27. The van der Waals surface area contributed by atoms with E-state index in [2.05, 4.69) is 10.6 Å². The highest BCUT2D eigenvalue weighted by molar-refractivity contribution is 5.97. The van der Waals surface area contributed by atoms with Crippen molar-refractivity contribution >= 4 is 11.6 Å². The number of rotatable bonds is 1. The van der Waals surface area contributed by atoms with Crippen molar-refractivity contribution in [2.45, 2.75) is 19.1 Å². The minimum atomic E-state index is -0.401. The molecule has 0 spiro atoms. The van der Waals surface area contributed by atoms with Gasteiger partial charge in [0.1, 0.15) is 5.75 Å². The second-order valence-corrected chi connectivity index (χ2v) is 3.97. The van der Waals surface area contributed by atoms with Crippen LogP contribution in [-0.4, -0.2) is 18.6 Å². The highest BCUT2D eigenvalue weighted by atomic mass is 16.5. The monoisotopic (exact) mass is 204 g/mol. The molecule has 4 heteroatoms. The van der Waals surface area contributed by atoms with Crippen LogP contribution >= 0.6 is 0 Å². The van der Waals surface area contributed by atoms with E-state index in [9.17, 15) is 4.79 Å². The van der Waals surface area contributed by atoms with Crippen LogP contribution in [0.4, 0.5) is 5.69 Å². The van der Waals surface area contributed by atoms with Gasteiger partial charge in [-0.25, -0.2) is 0 Å². The maximum atomic E-state index is 11.4. The van der Waals surface area contributed by atoms with Gasteiger partial charge in [0.2, 0.25) is 0 Å². The second-order valence-electron chi connectivity index (χ2n) is 3.97. The molecule has 1 fully saturated rings. The van der Waals surface area contributed by atoms with E-state index in [1.165, 1.54) is 5.56 Å². The summed E-state index contributed by atoms with van der Waals surface area (Å²) in [4.78, 5) is 11.4. The number of benzene rings is 1. The Hall–Kier alpha value is -1.55. The molecule has 2 aliphatic heterocycles. The van der Waals surface area contributed by atoms with Crippen LogP contribution in [0.25, 0.3) is 0 Å². The highest BCUT2D eigenvalue weighted by Crippen LogP contribution is 2.33. The lowest BCUT2D eigenvalue weighted by Crippen LogP contribution is -2.34. The van der Waals surface area contributed by atoms with E-state index in [1.807, 2.05) is 18.2 Å². The van der Waals surface area contributed by atoms with Gasteiger partial charge >= 0.3 is 0 Å². The second kappa shape index (κ2) is 2.97. The summed E-state index contributed by atoms with van der Waals surface area (Å²) in [6.07, 6.45) is -0.401. The number of hydrogen-bond acceptors (Lipinski definition) is 3. The summed E-state index contributed by atoms with van der Waals surface area (Å²) < 4.78 is 5.47. The minimum absolute atomic E-state index is 0.0802. The lowest BCUT2D eigenvalue weighted by Gasteiger charge is -2.23. The Kier molecular flexibility index (Phi) is 1.73. The minimum Gasteiger partial charge on any atom is -0.479 e. The van der Waals surface area contributed by atoms with Gasteiger partial charge in [-0.3, -0.25) is 4.79 Å². The maximum absolute atomic E-state index is 11.4. The van der Waals surface area contributed by atoms with Crippen molar-refractivity contribution in [2.75, 3.05) is 11.9 Å². The van der Waals surface area contributed by atoms with Crippen LogP contribution < -0.4 is 15.4 Å². The Balaban J connectivity index is 1.97. The maximum Gasteiger partial charge on any atom is 0.265 e. The van der Waals surface area contributed by atoms with Crippen molar-refractivity contribution < 1.29 is 9.53 Å². The first kappa shape index (κ1) is 8.73. The SMILES string of the molecule is CC1Oc2ccc(C3CN3)cc2NC1=O. The fourth-order valence-corrected chi connectivity index (χ4v) is 1.74. The molecule has 1 saturated heterocycles. The molecule has 2 heterocycles. The van der Waals surface area contributed by atoms with Crippen molar-refractivity contribution in [3.63, 3.8) is 0 Å². The fraction of sp³-hybridized carbons (Fsp3) is 0.364. The van der Waals surface area contributed by atoms with Crippen LogP contribution in [0, 0.1) is 0 Å². The first-order valence-corrected chi connectivity index (χ1v) is 5.09. The van der Waals surface area contributed by atoms with Gasteiger partial charge in [0.15, 0.2) is 6.10 Å². The van der Waals surface area contributed by atoms with E-state index in [-0.39, 0.29) is 5.91 Å². The predicted molar refractivity (Wildman–Crippen MR) is 55.9 cm³/mol. The molecule has 0 radical (unpaired) electrons. The summed E-state index contributed by atoms with van der Waals surface area (Å²) in [6.45, 7) is 2.76. The number of hydrogen-bond donors (Lipinski definition) is 2. The first-order valence-electron chi connectivity index (χ1n) is 5.09. The Labute approximate surface area is 87.6 Å². The average molecular weight is 204 g/mol. The molecule has 3 rings (SSSR count). The fourth-order valence-electron chi connectivity index (χ4n) is 1.74. The Morgan fingerprint density at radius 1 is 1.47 bits per heavy atom. The van der Waals surface area contributed by atoms with Crippen molar-refractivity contribution in [3.8, 4) is 5.75 Å². The number of carbonyl (C=O) groups excluding carboxylic acids is 1. The summed E-state index contributed by atoms with van der Waals surface area (Å²) >= 11 is 0. The molecular formula is C11H12N2O2. The van der Waals surface area contributed by atoms with E-state index in [1.54, 1.807) is 6.92 Å². The summed E-state index contributed by atoms with van der Waals surface area (Å²) in [5.74, 6) is 0.676. The quantitative estimate of drug-likeness (QED) is 0.672. The normalized spacial score (nSPS) is 27.7. The Morgan fingerprint density at radius 2 is 2.27 bits per heavy atom. The third-order valence-electron chi connectivity index (χ3n) is 2.75. The van der Waals surface area contributed by atoms with Gasteiger partial charge in [-0.05, 0) is 24.6 Å². The summed E-state index contributed by atoms with van der Waals surface area (Å²) in [5.41, 5.74) is 1.98. The lowest BCUT2D eigenvalue weighted by molar-refractivity contribution is -0.122. The van der Waals surface area contributed by atoms with Crippen LogP contribution in [0.3, 0.4) is 0 Å². The van der Waals surface area contributed by atoms with E-state index < -0.39 is 6.10 Å². The van der Waals surface area contributed by atoms with Crippen molar-refractivity contribution in [1.82, 2.24) is 5.32 Å². The number of carbonyl (C=O) groups is 1. The molecule has 2 unspecified atom stereocenters. The smallest absolute Gasteiger partial charge is 0.265 e. The van der Waals surface area contributed by atoms with Gasteiger partial charge < -0.3 is 15.4 Å². The van der Waals surface area contributed by atoms with Gasteiger partial charge in [-0.2, -0.15) is 0 Å². The van der Waals surface area contributed by atoms with Crippen LogP contribution in [0.2, 0.25) is 0 Å². The molecular weight excluding hydrogens is 192 g/mol. The Bertz CT molecular complexity index is 427. The number of amides is 1. The van der Waals surface area contributed by atoms with Gasteiger partial charge in [-0.15, -0.1) is 0 Å². The molecule has 2 N–H and O–H groups in total. The molecule has 2 atom stereocenters. The van der Waals surface area contributed by atoms with E-state index in [4.69, 9.17) is 4.74 Å². The van der Waals surface area contributed by atoms with Gasteiger partial charge in [0.25, 0.3) is 5.91 Å². The van der Waals surface area contributed by atoms with E-state index in [0.717, 1.165) is 18.0 Å². The number of ether oxygens (including phenoxy) is 1. The van der Waals surface area contributed by atoms with Gasteiger partial charge in [0.05, 0.1) is 5.69 Å². The molecule has 15 heavy (non-hydrogen) atoms. The lowest BCUT2D eigenvalue weighted by atomic mass is 10.1. The predicted octanol–water partition coefficient (Wildman–Crippen LogP) is 1.05.